The molecule has 0 bridgehead atoms. The van der Waals surface area contributed by atoms with Gasteiger partial charge >= 0.3 is 0 Å². The summed E-state index contributed by atoms with van der Waals surface area (Å²) in [7, 11) is 0. The van der Waals surface area contributed by atoms with E-state index >= 15 is 0 Å². The molecule has 2 rings (SSSR count). The van der Waals surface area contributed by atoms with Crippen LogP contribution in [0, 0.1) is 5.92 Å². The molecule has 0 saturated carbocycles. The van der Waals surface area contributed by atoms with E-state index in [1.807, 2.05) is 24.3 Å². The molecule has 0 fully saturated rings. The van der Waals surface area contributed by atoms with E-state index < -0.39 is 6.10 Å². The molecule has 110 valence electrons. The van der Waals surface area contributed by atoms with Gasteiger partial charge in [-0.1, -0.05) is 38.1 Å². The molecule has 0 radical (unpaired) electrons. The summed E-state index contributed by atoms with van der Waals surface area (Å²) in [4.78, 5) is 12.4. The highest BCUT2D eigenvalue weighted by atomic mass is 16.5. The molecule has 4 nitrogen and oxygen atoms in total. The Morgan fingerprint density at radius 2 is 2.20 bits per heavy atom. The van der Waals surface area contributed by atoms with E-state index in [1.165, 1.54) is 5.56 Å². The van der Waals surface area contributed by atoms with Gasteiger partial charge in [0, 0.05) is 0 Å². The summed E-state index contributed by atoms with van der Waals surface area (Å²) >= 11 is 0. The molecular formula is C16H23NO3. The number of aliphatic hydroxyl groups excluding tert-OH is 1. The predicted octanol–water partition coefficient (Wildman–Crippen LogP) is 1.82. The minimum absolute atomic E-state index is 0.0434. The lowest BCUT2D eigenvalue weighted by Crippen LogP contribution is -2.42. The number of amides is 1. The Hall–Kier alpha value is -1.39. The minimum Gasteiger partial charge on any atom is -0.394 e. The quantitative estimate of drug-likeness (QED) is 0.863. The van der Waals surface area contributed by atoms with Gasteiger partial charge in [0.05, 0.1) is 19.3 Å². The molecule has 1 aromatic rings. The molecule has 1 aromatic carbocycles. The number of carbonyl (C=O) groups is 1. The molecule has 0 spiro atoms. The zero-order chi connectivity index (χ0) is 14.5. The Morgan fingerprint density at radius 3 is 2.90 bits per heavy atom. The number of benzene rings is 1. The van der Waals surface area contributed by atoms with Crippen molar-refractivity contribution in [1.82, 2.24) is 5.32 Å². The standard InChI is InChI=1S/C16H23NO3/c1-11(2)9-13(10-18)17-16(19)15-14-6-4-3-5-12(14)7-8-20-15/h3-6,11,13,15,18H,7-10H2,1-2H3,(H,17,19). The van der Waals surface area contributed by atoms with Gasteiger partial charge in [-0.05, 0) is 29.9 Å². The van der Waals surface area contributed by atoms with Crippen LogP contribution in [-0.2, 0) is 16.0 Å². The fourth-order valence-electron chi connectivity index (χ4n) is 2.64. The Bertz CT molecular complexity index is 459. The van der Waals surface area contributed by atoms with Crippen molar-refractivity contribution in [2.24, 2.45) is 5.92 Å². The molecular weight excluding hydrogens is 254 g/mol. The van der Waals surface area contributed by atoms with E-state index in [1.54, 1.807) is 0 Å². The molecule has 1 aliphatic rings. The van der Waals surface area contributed by atoms with Gasteiger partial charge in [-0.3, -0.25) is 4.79 Å². The van der Waals surface area contributed by atoms with E-state index in [2.05, 4.69) is 19.2 Å². The number of rotatable bonds is 5. The van der Waals surface area contributed by atoms with Crippen molar-refractivity contribution in [2.75, 3.05) is 13.2 Å². The number of ether oxygens (including phenoxy) is 1. The van der Waals surface area contributed by atoms with Crippen molar-refractivity contribution < 1.29 is 14.6 Å². The van der Waals surface area contributed by atoms with Crippen LogP contribution in [0.25, 0.3) is 0 Å². The molecule has 1 aliphatic heterocycles. The average molecular weight is 277 g/mol. The van der Waals surface area contributed by atoms with E-state index in [0.29, 0.717) is 12.5 Å². The number of hydrogen-bond donors (Lipinski definition) is 2. The summed E-state index contributed by atoms with van der Waals surface area (Å²) < 4.78 is 5.62. The third-order valence-electron chi connectivity index (χ3n) is 3.55. The fourth-order valence-corrected chi connectivity index (χ4v) is 2.64. The Labute approximate surface area is 120 Å². The SMILES string of the molecule is CC(C)CC(CO)NC(=O)C1OCCc2ccccc21. The number of hydrogen-bond acceptors (Lipinski definition) is 3. The van der Waals surface area contributed by atoms with E-state index in [0.717, 1.165) is 18.4 Å². The first-order valence-electron chi connectivity index (χ1n) is 7.22. The molecule has 2 atom stereocenters. The van der Waals surface area contributed by atoms with Gasteiger partial charge in [0.15, 0.2) is 6.10 Å². The molecule has 2 unspecified atom stereocenters. The highest BCUT2D eigenvalue weighted by Gasteiger charge is 2.28. The number of aliphatic hydroxyl groups is 1. The summed E-state index contributed by atoms with van der Waals surface area (Å²) in [5.41, 5.74) is 2.11. The lowest BCUT2D eigenvalue weighted by atomic mass is 9.96. The van der Waals surface area contributed by atoms with Gasteiger partial charge in [0.1, 0.15) is 0 Å². The molecule has 0 aromatic heterocycles. The summed E-state index contributed by atoms with van der Waals surface area (Å²) in [5, 5.41) is 12.3. The topological polar surface area (TPSA) is 58.6 Å². The van der Waals surface area contributed by atoms with Gasteiger partial charge in [0.25, 0.3) is 5.91 Å². The summed E-state index contributed by atoms with van der Waals surface area (Å²) in [6, 6.07) is 7.67. The summed E-state index contributed by atoms with van der Waals surface area (Å²) in [5.74, 6) is 0.267. The molecule has 0 saturated heterocycles. The van der Waals surface area contributed by atoms with Crippen LogP contribution in [0.4, 0.5) is 0 Å². The smallest absolute Gasteiger partial charge is 0.254 e. The van der Waals surface area contributed by atoms with Gasteiger partial charge in [-0.2, -0.15) is 0 Å². The molecule has 20 heavy (non-hydrogen) atoms. The highest BCUT2D eigenvalue weighted by Crippen LogP contribution is 2.27. The van der Waals surface area contributed by atoms with Crippen LogP contribution in [-0.4, -0.2) is 30.3 Å². The van der Waals surface area contributed by atoms with Crippen LogP contribution < -0.4 is 5.32 Å². The van der Waals surface area contributed by atoms with Crippen LogP contribution >= 0.6 is 0 Å². The van der Waals surface area contributed by atoms with Crippen LogP contribution in [0.3, 0.4) is 0 Å². The number of nitrogens with one attached hydrogen (secondary N) is 1. The van der Waals surface area contributed by atoms with Gasteiger partial charge in [-0.15, -0.1) is 0 Å². The maximum absolute atomic E-state index is 12.4. The zero-order valence-corrected chi connectivity index (χ0v) is 12.1. The second-order valence-corrected chi connectivity index (χ2v) is 5.72. The number of fused-ring (bicyclic) bond motifs is 1. The second kappa shape index (κ2) is 6.86. The van der Waals surface area contributed by atoms with Gasteiger partial charge in [0.2, 0.25) is 0 Å². The first kappa shape index (κ1) is 15.0. The predicted molar refractivity (Wildman–Crippen MR) is 77.3 cm³/mol. The molecule has 4 heteroatoms. The maximum Gasteiger partial charge on any atom is 0.254 e. The van der Waals surface area contributed by atoms with Crippen molar-refractivity contribution in [2.45, 2.75) is 38.8 Å². The first-order chi connectivity index (χ1) is 9.61. The van der Waals surface area contributed by atoms with Crippen molar-refractivity contribution in [3.05, 3.63) is 35.4 Å². The molecule has 1 heterocycles. The highest BCUT2D eigenvalue weighted by molar-refractivity contribution is 5.83. The van der Waals surface area contributed by atoms with Crippen molar-refractivity contribution >= 4 is 5.91 Å². The normalized spacial score (nSPS) is 19.5. The Balaban J connectivity index is 2.06. The average Bonchev–Trinajstić information content (AvgIpc) is 2.45. The van der Waals surface area contributed by atoms with Crippen LogP contribution in [0.1, 0.15) is 37.5 Å². The van der Waals surface area contributed by atoms with Gasteiger partial charge in [-0.25, -0.2) is 0 Å². The van der Waals surface area contributed by atoms with Gasteiger partial charge < -0.3 is 15.2 Å². The second-order valence-electron chi connectivity index (χ2n) is 5.72. The van der Waals surface area contributed by atoms with Crippen LogP contribution in [0.15, 0.2) is 24.3 Å². The Morgan fingerprint density at radius 1 is 1.45 bits per heavy atom. The summed E-state index contributed by atoms with van der Waals surface area (Å²) in [6.07, 6.45) is 1.05. The lowest BCUT2D eigenvalue weighted by Gasteiger charge is -2.27. The third-order valence-corrected chi connectivity index (χ3v) is 3.55. The van der Waals surface area contributed by atoms with Crippen molar-refractivity contribution in [1.29, 1.82) is 0 Å². The van der Waals surface area contributed by atoms with Crippen molar-refractivity contribution in [3.8, 4) is 0 Å². The van der Waals surface area contributed by atoms with E-state index in [4.69, 9.17) is 4.74 Å². The Kier molecular flexibility index (Phi) is 5.15. The minimum atomic E-state index is -0.554. The number of carbonyl (C=O) groups excluding carboxylic acids is 1. The molecule has 1 amide bonds. The lowest BCUT2D eigenvalue weighted by molar-refractivity contribution is -0.135. The van der Waals surface area contributed by atoms with E-state index in [9.17, 15) is 9.90 Å². The van der Waals surface area contributed by atoms with Crippen LogP contribution in [0.2, 0.25) is 0 Å². The van der Waals surface area contributed by atoms with E-state index in [-0.39, 0.29) is 18.6 Å². The molecule has 0 aliphatic carbocycles. The van der Waals surface area contributed by atoms with Crippen molar-refractivity contribution in [3.63, 3.8) is 0 Å². The zero-order valence-electron chi connectivity index (χ0n) is 12.1. The largest absolute Gasteiger partial charge is 0.394 e. The monoisotopic (exact) mass is 277 g/mol. The summed E-state index contributed by atoms with van der Waals surface area (Å²) in [6.45, 7) is 4.66. The first-order valence-corrected chi connectivity index (χ1v) is 7.22. The van der Waals surface area contributed by atoms with Crippen LogP contribution in [0.5, 0.6) is 0 Å². The maximum atomic E-state index is 12.4. The third kappa shape index (κ3) is 3.58. The fraction of sp³-hybridized carbons (Fsp3) is 0.562. The molecule has 2 N–H and O–H groups in total.